The lowest BCUT2D eigenvalue weighted by atomic mass is 10.1. The molecular weight excluding hydrogens is 256 g/mol. The maximum Gasteiger partial charge on any atom is 0.0464 e. The van der Waals surface area contributed by atoms with Crippen molar-refractivity contribution in [2.24, 2.45) is 0 Å². The highest BCUT2D eigenvalue weighted by molar-refractivity contribution is 5.85. The van der Waals surface area contributed by atoms with Crippen molar-refractivity contribution in [1.82, 2.24) is 4.98 Å². The fourth-order valence-electron chi connectivity index (χ4n) is 3.23. The number of hydrogen-bond acceptors (Lipinski definition) is 1. The fraction of sp³-hybridized carbons (Fsp3) is 0.263. The molecule has 0 atom stereocenters. The van der Waals surface area contributed by atoms with Crippen molar-refractivity contribution in [3.05, 3.63) is 54.6 Å². The van der Waals surface area contributed by atoms with Crippen LogP contribution in [0, 0.1) is 0 Å². The van der Waals surface area contributed by atoms with E-state index in [2.05, 4.69) is 64.5 Å². The number of piperidine rings is 1. The van der Waals surface area contributed by atoms with Gasteiger partial charge in [-0.15, -0.1) is 0 Å². The standard InChI is InChI=1S/C19H20N2/c1-4-12-21(13-5-1)17-10-8-15(9-11-17)19-14-16-6-2-3-7-18(16)20-19/h2-3,6-11,14,20H,1,4-5,12-13H2. The summed E-state index contributed by atoms with van der Waals surface area (Å²) in [6, 6.07) is 19.6. The smallest absolute Gasteiger partial charge is 0.0464 e. The molecule has 4 rings (SSSR count). The summed E-state index contributed by atoms with van der Waals surface area (Å²) in [5.74, 6) is 0. The average molecular weight is 276 g/mol. The number of rotatable bonds is 2. The van der Waals surface area contributed by atoms with E-state index in [1.165, 1.54) is 60.2 Å². The molecule has 1 aromatic heterocycles. The van der Waals surface area contributed by atoms with Crippen LogP contribution in [0.25, 0.3) is 22.2 Å². The van der Waals surface area contributed by atoms with E-state index in [1.807, 2.05) is 0 Å². The Bertz CT molecular complexity index is 701. The first-order valence-corrected chi connectivity index (χ1v) is 7.83. The van der Waals surface area contributed by atoms with Crippen LogP contribution >= 0.6 is 0 Å². The van der Waals surface area contributed by atoms with Crippen molar-refractivity contribution < 1.29 is 0 Å². The van der Waals surface area contributed by atoms with E-state index in [1.54, 1.807) is 0 Å². The van der Waals surface area contributed by atoms with Crippen molar-refractivity contribution in [1.29, 1.82) is 0 Å². The zero-order valence-corrected chi connectivity index (χ0v) is 12.2. The van der Waals surface area contributed by atoms with Gasteiger partial charge in [0.2, 0.25) is 0 Å². The molecule has 1 fully saturated rings. The molecule has 2 heterocycles. The maximum atomic E-state index is 3.50. The van der Waals surface area contributed by atoms with Gasteiger partial charge in [0, 0.05) is 35.4 Å². The summed E-state index contributed by atoms with van der Waals surface area (Å²) in [5.41, 5.74) is 5.01. The lowest BCUT2D eigenvalue weighted by Gasteiger charge is -2.28. The van der Waals surface area contributed by atoms with Crippen LogP contribution in [-0.2, 0) is 0 Å². The molecule has 0 spiro atoms. The Morgan fingerprint density at radius 1 is 0.810 bits per heavy atom. The molecule has 0 radical (unpaired) electrons. The van der Waals surface area contributed by atoms with Gasteiger partial charge >= 0.3 is 0 Å². The van der Waals surface area contributed by atoms with Gasteiger partial charge in [0.05, 0.1) is 0 Å². The van der Waals surface area contributed by atoms with Crippen LogP contribution in [0.1, 0.15) is 19.3 Å². The summed E-state index contributed by atoms with van der Waals surface area (Å²) in [7, 11) is 0. The van der Waals surface area contributed by atoms with Crippen LogP contribution in [0.5, 0.6) is 0 Å². The Morgan fingerprint density at radius 2 is 1.57 bits per heavy atom. The summed E-state index contributed by atoms with van der Waals surface area (Å²) in [4.78, 5) is 6.00. The Balaban J connectivity index is 1.63. The zero-order chi connectivity index (χ0) is 14.1. The third-order valence-electron chi connectivity index (χ3n) is 4.43. The molecule has 1 saturated heterocycles. The van der Waals surface area contributed by atoms with E-state index < -0.39 is 0 Å². The van der Waals surface area contributed by atoms with E-state index in [0.717, 1.165) is 0 Å². The summed E-state index contributed by atoms with van der Waals surface area (Å²) < 4.78 is 0. The van der Waals surface area contributed by atoms with E-state index in [9.17, 15) is 0 Å². The number of aromatic nitrogens is 1. The van der Waals surface area contributed by atoms with Crippen molar-refractivity contribution in [3.63, 3.8) is 0 Å². The first kappa shape index (κ1) is 12.5. The lowest BCUT2D eigenvalue weighted by molar-refractivity contribution is 0.578. The van der Waals surface area contributed by atoms with E-state index in [0.29, 0.717) is 0 Å². The van der Waals surface area contributed by atoms with E-state index >= 15 is 0 Å². The van der Waals surface area contributed by atoms with Crippen molar-refractivity contribution >= 4 is 16.6 Å². The molecule has 1 N–H and O–H groups in total. The number of H-pyrrole nitrogens is 1. The number of para-hydroxylation sites is 1. The molecule has 0 saturated carbocycles. The van der Waals surface area contributed by atoms with Crippen LogP contribution in [-0.4, -0.2) is 18.1 Å². The van der Waals surface area contributed by atoms with Gasteiger partial charge in [0.15, 0.2) is 0 Å². The van der Waals surface area contributed by atoms with Gasteiger partial charge < -0.3 is 9.88 Å². The number of nitrogens with zero attached hydrogens (tertiary/aromatic N) is 1. The summed E-state index contributed by atoms with van der Waals surface area (Å²) in [6.07, 6.45) is 4.02. The first-order chi connectivity index (χ1) is 10.4. The molecule has 21 heavy (non-hydrogen) atoms. The number of nitrogens with one attached hydrogen (secondary N) is 1. The molecule has 106 valence electrons. The predicted octanol–water partition coefficient (Wildman–Crippen LogP) is 4.83. The summed E-state index contributed by atoms with van der Waals surface area (Å²) in [5, 5.41) is 1.27. The van der Waals surface area contributed by atoms with Crippen molar-refractivity contribution in [2.45, 2.75) is 19.3 Å². The van der Waals surface area contributed by atoms with Crippen molar-refractivity contribution in [3.8, 4) is 11.3 Å². The van der Waals surface area contributed by atoms with Gasteiger partial charge in [-0.05, 0) is 49.1 Å². The molecule has 2 aromatic carbocycles. The second kappa shape index (κ2) is 5.28. The largest absolute Gasteiger partial charge is 0.372 e. The maximum absolute atomic E-state index is 3.50. The second-order valence-corrected chi connectivity index (χ2v) is 5.86. The Labute approximate surface area is 125 Å². The highest BCUT2D eigenvalue weighted by Crippen LogP contribution is 2.27. The van der Waals surface area contributed by atoms with Gasteiger partial charge in [-0.25, -0.2) is 0 Å². The third-order valence-corrected chi connectivity index (χ3v) is 4.43. The molecule has 1 aliphatic heterocycles. The number of benzene rings is 2. The number of anilines is 1. The normalized spacial score (nSPS) is 15.5. The minimum atomic E-state index is 1.20. The molecule has 0 aliphatic carbocycles. The minimum absolute atomic E-state index is 1.20. The molecule has 0 amide bonds. The van der Waals surface area contributed by atoms with Crippen LogP contribution in [0.4, 0.5) is 5.69 Å². The second-order valence-electron chi connectivity index (χ2n) is 5.86. The Hall–Kier alpha value is -2.22. The van der Waals surface area contributed by atoms with Crippen LogP contribution in [0.3, 0.4) is 0 Å². The van der Waals surface area contributed by atoms with Crippen LogP contribution < -0.4 is 4.90 Å². The number of hydrogen-bond donors (Lipinski definition) is 1. The van der Waals surface area contributed by atoms with Gasteiger partial charge in [-0.3, -0.25) is 0 Å². The Morgan fingerprint density at radius 3 is 2.33 bits per heavy atom. The third kappa shape index (κ3) is 2.42. The van der Waals surface area contributed by atoms with E-state index in [-0.39, 0.29) is 0 Å². The van der Waals surface area contributed by atoms with Gasteiger partial charge in [-0.1, -0.05) is 30.3 Å². The molecule has 0 unspecified atom stereocenters. The fourth-order valence-corrected chi connectivity index (χ4v) is 3.23. The van der Waals surface area contributed by atoms with Gasteiger partial charge in [0.25, 0.3) is 0 Å². The van der Waals surface area contributed by atoms with Crippen LogP contribution in [0.2, 0.25) is 0 Å². The highest BCUT2D eigenvalue weighted by Gasteiger charge is 2.11. The molecule has 2 nitrogen and oxygen atoms in total. The topological polar surface area (TPSA) is 19.0 Å². The van der Waals surface area contributed by atoms with E-state index in [4.69, 9.17) is 0 Å². The van der Waals surface area contributed by atoms with Crippen LogP contribution in [0.15, 0.2) is 54.6 Å². The predicted molar refractivity (Wildman–Crippen MR) is 89.8 cm³/mol. The average Bonchev–Trinajstić information content (AvgIpc) is 3.00. The summed E-state index contributed by atoms with van der Waals surface area (Å²) in [6.45, 7) is 2.40. The quantitative estimate of drug-likeness (QED) is 0.710. The Kier molecular flexibility index (Phi) is 3.15. The summed E-state index contributed by atoms with van der Waals surface area (Å²) >= 11 is 0. The molecule has 2 heteroatoms. The molecular formula is C19H20N2. The first-order valence-electron chi connectivity index (χ1n) is 7.83. The van der Waals surface area contributed by atoms with Gasteiger partial charge in [-0.2, -0.15) is 0 Å². The van der Waals surface area contributed by atoms with Gasteiger partial charge in [0.1, 0.15) is 0 Å². The number of aromatic amines is 1. The monoisotopic (exact) mass is 276 g/mol. The van der Waals surface area contributed by atoms with Crippen molar-refractivity contribution in [2.75, 3.05) is 18.0 Å². The SMILES string of the molecule is c1ccc2[nH]c(-c3ccc(N4CCCCC4)cc3)cc2c1. The molecule has 3 aromatic rings. The zero-order valence-electron chi connectivity index (χ0n) is 12.2. The molecule has 0 bridgehead atoms. The highest BCUT2D eigenvalue weighted by atomic mass is 15.1. The minimum Gasteiger partial charge on any atom is -0.372 e. The molecule has 1 aliphatic rings. The lowest BCUT2D eigenvalue weighted by Crippen LogP contribution is -2.29. The number of fused-ring (bicyclic) bond motifs is 1.